The average Bonchev–Trinajstić information content (AvgIpc) is 3.19. The zero-order valence-corrected chi connectivity index (χ0v) is 15.3. The molecule has 0 radical (unpaired) electrons. The van der Waals surface area contributed by atoms with Gasteiger partial charge >= 0.3 is 5.97 Å². The second-order valence-electron chi connectivity index (χ2n) is 5.58. The lowest BCUT2D eigenvalue weighted by Crippen LogP contribution is -2.34. The molecule has 0 saturated heterocycles. The number of para-hydroxylation sites is 1. The molecule has 0 spiro atoms. The first-order valence-electron chi connectivity index (χ1n) is 7.56. The summed E-state index contributed by atoms with van der Waals surface area (Å²) in [5.41, 5.74) is 0.762. The van der Waals surface area contributed by atoms with Crippen LogP contribution in [-0.4, -0.2) is 27.5 Å². The average molecular weight is 379 g/mol. The van der Waals surface area contributed by atoms with Crippen molar-refractivity contribution in [2.24, 2.45) is 0 Å². The van der Waals surface area contributed by atoms with Gasteiger partial charge in [0.2, 0.25) is 10.0 Å². The van der Waals surface area contributed by atoms with Gasteiger partial charge in [0.05, 0.1) is 7.11 Å². The van der Waals surface area contributed by atoms with Crippen LogP contribution in [0.1, 0.15) is 22.4 Å². The molecule has 3 rings (SSSR count). The van der Waals surface area contributed by atoms with E-state index in [4.69, 9.17) is 4.42 Å². The van der Waals surface area contributed by atoms with E-state index in [2.05, 4.69) is 9.46 Å². The molecule has 1 aromatic carbocycles. The smallest absolute Gasteiger partial charge is 0.349 e. The maximum absolute atomic E-state index is 12.6. The lowest BCUT2D eigenvalue weighted by Gasteiger charge is -2.13. The molecule has 1 N–H and O–H groups in total. The predicted octanol–water partition coefficient (Wildman–Crippen LogP) is 3.19. The van der Waals surface area contributed by atoms with Crippen molar-refractivity contribution in [1.29, 1.82) is 0 Å². The first kappa shape index (κ1) is 17.7. The van der Waals surface area contributed by atoms with Gasteiger partial charge < -0.3 is 9.15 Å². The van der Waals surface area contributed by atoms with E-state index in [1.54, 1.807) is 12.3 Å². The van der Waals surface area contributed by atoms with Gasteiger partial charge in [-0.25, -0.2) is 17.9 Å². The highest BCUT2D eigenvalue weighted by Crippen LogP contribution is 2.24. The molecule has 0 amide bonds. The fourth-order valence-corrected chi connectivity index (χ4v) is 5.14. The van der Waals surface area contributed by atoms with Crippen LogP contribution in [0.25, 0.3) is 11.0 Å². The number of methoxy groups -OCH3 is 1. The number of rotatable bonds is 6. The first-order chi connectivity index (χ1) is 11.9. The molecule has 0 aliphatic heterocycles. The van der Waals surface area contributed by atoms with E-state index in [0.717, 1.165) is 22.3 Å². The van der Waals surface area contributed by atoms with Gasteiger partial charge in [0.15, 0.2) is 0 Å². The van der Waals surface area contributed by atoms with Gasteiger partial charge in [-0.3, -0.25) is 0 Å². The van der Waals surface area contributed by atoms with Gasteiger partial charge in [-0.05, 0) is 30.5 Å². The number of fused-ring (bicyclic) bond motifs is 1. The number of hydrogen-bond donors (Lipinski definition) is 1. The van der Waals surface area contributed by atoms with Crippen molar-refractivity contribution < 1.29 is 22.4 Å². The van der Waals surface area contributed by atoms with E-state index >= 15 is 0 Å². The van der Waals surface area contributed by atoms with Crippen molar-refractivity contribution in [3.63, 3.8) is 0 Å². The molecule has 6 nitrogen and oxygen atoms in total. The molecule has 1 atom stereocenters. The number of nitrogens with one attached hydrogen (secondary N) is 1. The van der Waals surface area contributed by atoms with Gasteiger partial charge in [0.25, 0.3) is 0 Å². The van der Waals surface area contributed by atoms with E-state index in [9.17, 15) is 13.2 Å². The SMILES string of the molecule is COC(=O)c1sccc1S(=O)(=O)N[C@H](C)Cc1cc2ccccc2o1. The van der Waals surface area contributed by atoms with E-state index in [0.29, 0.717) is 12.2 Å². The van der Waals surface area contributed by atoms with Gasteiger partial charge in [-0.1, -0.05) is 18.2 Å². The van der Waals surface area contributed by atoms with Crippen molar-refractivity contribution in [2.45, 2.75) is 24.3 Å². The third-order valence-electron chi connectivity index (χ3n) is 3.63. The second kappa shape index (κ2) is 6.99. The second-order valence-corrected chi connectivity index (χ2v) is 8.18. The zero-order chi connectivity index (χ0) is 18.0. The number of carbonyl (C=O) groups is 1. The van der Waals surface area contributed by atoms with Gasteiger partial charge in [0, 0.05) is 17.8 Å². The third kappa shape index (κ3) is 3.76. The minimum atomic E-state index is -3.83. The number of benzene rings is 1. The Morgan fingerprint density at radius 1 is 1.32 bits per heavy atom. The molecule has 0 bridgehead atoms. The van der Waals surface area contributed by atoms with Crippen LogP contribution < -0.4 is 4.72 Å². The summed E-state index contributed by atoms with van der Waals surface area (Å²) in [4.78, 5) is 11.7. The molecule has 25 heavy (non-hydrogen) atoms. The van der Waals surface area contributed by atoms with Crippen LogP contribution in [0.3, 0.4) is 0 Å². The molecule has 0 saturated carbocycles. The van der Waals surface area contributed by atoms with Crippen LogP contribution >= 0.6 is 11.3 Å². The minimum absolute atomic E-state index is 0.0611. The van der Waals surface area contributed by atoms with E-state index in [1.807, 2.05) is 30.3 Å². The van der Waals surface area contributed by atoms with Gasteiger partial charge in [-0.2, -0.15) is 0 Å². The number of thiophene rings is 1. The summed E-state index contributed by atoms with van der Waals surface area (Å²) in [7, 11) is -2.62. The Morgan fingerprint density at radius 3 is 2.80 bits per heavy atom. The summed E-state index contributed by atoms with van der Waals surface area (Å²) in [6, 6.07) is 10.5. The van der Waals surface area contributed by atoms with Crippen LogP contribution in [0.2, 0.25) is 0 Å². The molecular weight excluding hydrogens is 362 g/mol. The largest absolute Gasteiger partial charge is 0.465 e. The van der Waals surface area contributed by atoms with Crippen molar-refractivity contribution in [3.8, 4) is 0 Å². The lowest BCUT2D eigenvalue weighted by atomic mass is 10.2. The molecule has 0 aliphatic carbocycles. The van der Waals surface area contributed by atoms with E-state index < -0.39 is 22.0 Å². The van der Waals surface area contributed by atoms with Crippen molar-refractivity contribution in [1.82, 2.24) is 4.72 Å². The van der Waals surface area contributed by atoms with Crippen LogP contribution in [0.5, 0.6) is 0 Å². The maximum Gasteiger partial charge on any atom is 0.349 e. The standard InChI is InChI=1S/C17H17NO5S2/c1-11(9-13-10-12-5-3-4-6-14(12)23-13)18-25(20,21)15-7-8-24-16(15)17(19)22-2/h3-8,10-11,18H,9H2,1-2H3/t11-/m1/s1. The predicted molar refractivity (Wildman–Crippen MR) is 95.4 cm³/mol. The van der Waals surface area contributed by atoms with Crippen LogP contribution in [-0.2, 0) is 21.2 Å². The van der Waals surface area contributed by atoms with Crippen LogP contribution in [0.15, 0.2) is 51.1 Å². The molecule has 0 fully saturated rings. The number of ether oxygens (including phenoxy) is 1. The molecular formula is C17H17NO5S2. The molecule has 2 aromatic heterocycles. The molecule has 132 valence electrons. The van der Waals surface area contributed by atoms with Crippen LogP contribution in [0.4, 0.5) is 0 Å². The number of sulfonamides is 1. The van der Waals surface area contributed by atoms with Crippen LogP contribution in [0, 0.1) is 0 Å². The molecule has 2 heterocycles. The summed E-state index contributed by atoms with van der Waals surface area (Å²) >= 11 is 1.03. The minimum Gasteiger partial charge on any atom is -0.465 e. The highest BCUT2D eigenvalue weighted by atomic mass is 32.2. The number of esters is 1. The van der Waals surface area contributed by atoms with Gasteiger partial charge in [0.1, 0.15) is 21.1 Å². The summed E-state index contributed by atoms with van der Waals surface area (Å²) in [6.07, 6.45) is 0.394. The summed E-state index contributed by atoms with van der Waals surface area (Å²) in [6.45, 7) is 1.74. The number of furan rings is 1. The zero-order valence-electron chi connectivity index (χ0n) is 13.7. The molecule has 0 unspecified atom stereocenters. The Balaban J connectivity index is 1.76. The molecule has 8 heteroatoms. The fourth-order valence-electron chi connectivity index (χ4n) is 2.56. The number of carbonyl (C=O) groups excluding carboxylic acids is 1. The first-order valence-corrected chi connectivity index (χ1v) is 9.92. The fraction of sp³-hybridized carbons (Fsp3) is 0.235. The summed E-state index contributed by atoms with van der Waals surface area (Å²) in [5, 5.41) is 2.52. The normalized spacial score (nSPS) is 13.0. The number of hydrogen-bond acceptors (Lipinski definition) is 6. The Morgan fingerprint density at radius 2 is 2.08 bits per heavy atom. The highest BCUT2D eigenvalue weighted by Gasteiger charge is 2.26. The maximum atomic E-state index is 12.6. The monoisotopic (exact) mass is 379 g/mol. The summed E-state index contributed by atoms with van der Waals surface area (Å²) < 4.78 is 38.1. The highest BCUT2D eigenvalue weighted by molar-refractivity contribution is 7.89. The van der Waals surface area contributed by atoms with Crippen molar-refractivity contribution >= 4 is 38.3 Å². The summed E-state index contributed by atoms with van der Waals surface area (Å²) in [5.74, 6) is 0.0234. The third-order valence-corrected chi connectivity index (χ3v) is 6.29. The lowest BCUT2D eigenvalue weighted by molar-refractivity contribution is 0.0602. The van der Waals surface area contributed by atoms with Crippen molar-refractivity contribution in [2.75, 3.05) is 7.11 Å². The Bertz CT molecular complexity index is 970. The molecule has 0 aliphatic rings. The quantitative estimate of drug-likeness (QED) is 0.665. The molecule has 3 aromatic rings. The van der Waals surface area contributed by atoms with E-state index in [-0.39, 0.29) is 9.77 Å². The van der Waals surface area contributed by atoms with E-state index in [1.165, 1.54) is 13.2 Å². The Kier molecular flexibility index (Phi) is 4.94. The van der Waals surface area contributed by atoms with Crippen molar-refractivity contribution in [3.05, 3.63) is 52.4 Å². The Labute approximate surface area is 149 Å². The Hall–Kier alpha value is -2.16. The topological polar surface area (TPSA) is 85.6 Å². The van der Waals surface area contributed by atoms with Gasteiger partial charge in [-0.15, -0.1) is 11.3 Å².